The topological polar surface area (TPSA) is 62.2 Å². The summed E-state index contributed by atoms with van der Waals surface area (Å²) in [5.41, 5.74) is 3.41. The first-order valence-corrected chi connectivity index (χ1v) is 6.42. The fourth-order valence-electron chi connectivity index (χ4n) is 2.34. The summed E-state index contributed by atoms with van der Waals surface area (Å²) in [5, 5.41) is 12.3. The quantitative estimate of drug-likeness (QED) is 0.870. The zero-order valence-corrected chi connectivity index (χ0v) is 10.8. The molecule has 0 aromatic carbocycles. The van der Waals surface area contributed by atoms with Crippen LogP contribution >= 0.6 is 0 Å². The number of nitrogens with zero attached hydrogens (tertiary/aromatic N) is 1. The van der Waals surface area contributed by atoms with Crippen LogP contribution in [0.25, 0.3) is 0 Å². The molecule has 4 nitrogen and oxygen atoms in total. The molecule has 20 heavy (non-hydrogen) atoms. The Bertz CT molecular complexity index is 654. The number of aliphatic hydroxyl groups excluding tert-OH is 1. The maximum absolute atomic E-state index is 12.3. The van der Waals surface area contributed by atoms with Crippen molar-refractivity contribution in [2.75, 3.05) is 6.61 Å². The number of hydrogen-bond donors (Lipinski definition) is 2. The molecule has 1 heterocycles. The van der Waals surface area contributed by atoms with Gasteiger partial charge in [-0.3, -0.25) is 9.78 Å². The van der Waals surface area contributed by atoms with Crippen molar-refractivity contribution in [3.8, 4) is 0 Å². The second kappa shape index (κ2) is 5.27. The zero-order valence-electron chi connectivity index (χ0n) is 10.8. The normalized spacial score (nSPS) is 17.1. The molecule has 1 amide bonds. The minimum Gasteiger partial charge on any atom is -0.394 e. The van der Waals surface area contributed by atoms with Gasteiger partial charge in [0.2, 0.25) is 0 Å². The summed E-state index contributed by atoms with van der Waals surface area (Å²) in [6.07, 6.45) is 12.8. The molecule has 4 heteroatoms. The van der Waals surface area contributed by atoms with Gasteiger partial charge in [-0.1, -0.05) is 30.4 Å². The third kappa shape index (κ3) is 2.21. The number of carbonyl (C=O) groups excluding carboxylic acids is 1. The highest BCUT2D eigenvalue weighted by Crippen LogP contribution is 2.30. The molecule has 0 fully saturated rings. The summed E-state index contributed by atoms with van der Waals surface area (Å²) < 4.78 is 0. The maximum Gasteiger partial charge on any atom is 0.252 e. The Morgan fingerprint density at radius 2 is 2.25 bits per heavy atom. The van der Waals surface area contributed by atoms with E-state index in [1.807, 2.05) is 30.4 Å². The highest BCUT2D eigenvalue weighted by molar-refractivity contribution is 6.00. The monoisotopic (exact) mass is 266 g/mol. The molecule has 2 aliphatic carbocycles. The Kier molecular flexibility index (Phi) is 3.31. The summed E-state index contributed by atoms with van der Waals surface area (Å²) in [6.45, 7) is -0.164. The molecule has 0 unspecified atom stereocenters. The summed E-state index contributed by atoms with van der Waals surface area (Å²) in [6, 6.07) is 3.16. The number of pyridine rings is 1. The standard InChI is InChI=1S/C16H14N2O2/c19-10-15(12-4-2-8-17-9-12)18-16(20)14-7-6-11-3-1-5-13(11)14/h1-9,15,19H,10H2,(H,18,20)/t15-/m1/s1. The van der Waals surface area contributed by atoms with Crippen molar-refractivity contribution in [3.05, 3.63) is 77.2 Å². The number of rotatable bonds is 4. The lowest BCUT2D eigenvalue weighted by molar-refractivity contribution is -0.118. The average Bonchev–Trinajstić information content (AvgIpc) is 3.08. The molecule has 0 aliphatic heterocycles. The van der Waals surface area contributed by atoms with Crippen LogP contribution in [0.1, 0.15) is 11.6 Å². The lowest BCUT2D eigenvalue weighted by atomic mass is 10.1. The van der Waals surface area contributed by atoms with E-state index in [2.05, 4.69) is 10.3 Å². The van der Waals surface area contributed by atoms with Crippen molar-refractivity contribution in [1.29, 1.82) is 0 Å². The van der Waals surface area contributed by atoms with Gasteiger partial charge in [0.1, 0.15) is 0 Å². The lowest BCUT2D eigenvalue weighted by Gasteiger charge is -2.16. The molecule has 2 N–H and O–H groups in total. The van der Waals surface area contributed by atoms with Gasteiger partial charge in [0.05, 0.1) is 12.6 Å². The number of allylic oxidation sites excluding steroid dienone is 6. The molecule has 100 valence electrons. The van der Waals surface area contributed by atoms with Gasteiger partial charge in [0.15, 0.2) is 0 Å². The Morgan fingerprint density at radius 3 is 3.00 bits per heavy atom. The van der Waals surface area contributed by atoms with Gasteiger partial charge >= 0.3 is 0 Å². The van der Waals surface area contributed by atoms with Crippen LogP contribution in [0.2, 0.25) is 0 Å². The van der Waals surface area contributed by atoms with Gasteiger partial charge in [-0.05, 0) is 28.9 Å². The van der Waals surface area contributed by atoms with E-state index in [4.69, 9.17) is 0 Å². The smallest absolute Gasteiger partial charge is 0.252 e. The summed E-state index contributed by atoms with van der Waals surface area (Å²) >= 11 is 0. The van der Waals surface area contributed by atoms with E-state index >= 15 is 0 Å². The van der Waals surface area contributed by atoms with Crippen molar-refractivity contribution in [1.82, 2.24) is 10.3 Å². The first kappa shape index (κ1) is 12.6. The molecule has 1 aromatic heterocycles. The SMILES string of the molecule is O=C(N[C@H](CO)c1cccnc1)C1=C2C=CC=C2C=C1. The summed E-state index contributed by atoms with van der Waals surface area (Å²) in [5.74, 6) is -0.186. The van der Waals surface area contributed by atoms with Gasteiger partial charge < -0.3 is 10.4 Å². The zero-order chi connectivity index (χ0) is 13.9. The van der Waals surface area contributed by atoms with Crippen molar-refractivity contribution in [3.63, 3.8) is 0 Å². The number of hydrogen-bond acceptors (Lipinski definition) is 3. The van der Waals surface area contributed by atoms with Crippen LogP contribution in [0, 0.1) is 0 Å². The third-order valence-electron chi connectivity index (χ3n) is 3.39. The van der Waals surface area contributed by atoms with Crippen LogP contribution in [0.4, 0.5) is 0 Å². The molecule has 2 aliphatic rings. The number of nitrogens with one attached hydrogen (secondary N) is 1. The molecule has 1 atom stereocenters. The molecule has 3 rings (SSSR count). The molecule has 0 saturated heterocycles. The fourth-order valence-corrected chi connectivity index (χ4v) is 2.34. The number of fused-ring (bicyclic) bond motifs is 1. The van der Waals surface area contributed by atoms with Crippen LogP contribution in [0.15, 0.2) is 71.6 Å². The summed E-state index contributed by atoms with van der Waals surface area (Å²) in [7, 11) is 0. The Hall–Kier alpha value is -2.46. The lowest BCUT2D eigenvalue weighted by Crippen LogP contribution is -2.31. The number of amides is 1. The van der Waals surface area contributed by atoms with E-state index in [0.29, 0.717) is 5.57 Å². The van der Waals surface area contributed by atoms with Crippen LogP contribution in [0.3, 0.4) is 0 Å². The van der Waals surface area contributed by atoms with E-state index in [1.54, 1.807) is 24.5 Å². The van der Waals surface area contributed by atoms with Gasteiger partial charge in [0.25, 0.3) is 5.91 Å². The van der Waals surface area contributed by atoms with Gasteiger partial charge in [-0.25, -0.2) is 0 Å². The molecular weight excluding hydrogens is 252 g/mol. The third-order valence-corrected chi connectivity index (χ3v) is 3.39. The van der Waals surface area contributed by atoms with Crippen molar-refractivity contribution in [2.45, 2.75) is 6.04 Å². The first-order valence-electron chi connectivity index (χ1n) is 6.42. The number of aliphatic hydroxyl groups is 1. The minimum atomic E-state index is -0.448. The van der Waals surface area contributed by atoms with E-state index in [1.165, 1.54) is 0 Å². The Labute approximate surface area is 116 Å². The van der Waals surface area contributed by atoms with E-state index < -0.39 is 6.04 Å². The average molecular weight is 266 g/mol. The molecule has 0 bridgehead atoms. The van der Waals surface area contributed by atoms with Crippen LogP contribution in [0.5, 0.6) is 0 Å². The van der Waals surface area contributed by atoms with E-state index in [0.717, 1.165) is 16.7 Å². The molecular formula is C16H14N2O2. The Balaban J connectivity index is 1.79. The minimum absolute atomic E-state index is 0.164. The van der Waals surface area contributed by atoms with Crippen molar-refractivity contribution in [2.24, 2.45) is 0 Å². The first-order chi connectivity index (χ1) is 9.79. The van der Waals surface area contributed by atoms with Gasteiger partial charge in [-0.15, -0.1) is 0 Å². The van der Waals surface area contributed by atoms with E-state index in [9.17, 15) is 9.90 Å². The van der Waals surface area contributed by atoms with Crippen LogP contribution < -0.4 is 5.32 Å². The molecule has 1 aromatic rings. The predicted molar refractivity (Wildman–Crippen MR) is 75.6 cm³/mol. The van der Waals surface area contributed by atoms with E-state index in [-0.39, 0.29) is 12.5 Å². The second-order valence-electron chi connectivity index (χ2n) is 4.64. The second-order valence-corrected chi connectivity index (χ2v) is 4.64. The van der Waals surface area contributed by atoms with Gasteiger partial charge in [-0.2, -0.15) is 0 Å². The maximum atomic E-state index is 12.3. The molecule has 0 saturated carbocycles. The predicted octanol–water partition coefficient (Wildman–Crippen LogP) is 1.59. The van der Waals surface area contributed by atoms with Crippen LogP contribution in [-0.2, 0) is 4.79 Å². The largest absolute Gasteiger partial charge is 0.394 e. The van der Waals surface area contributed by atoms with Gasteiger partial charge in [0, 0.05) is 18.0 Å². The highest BCUT2D eigenvalue weighted by Gasteiger charge is 2.22. The summed E-state index contributed by atoms with van der Waals surface area (Å²) in [4.78, 5) is 16.3. The fraction of sp³-hybridized carbons (Fsp3) is 0.125. The van der Waals surface area contributed by atoms with Crippen molar-refractivity contribution >= 4 is 5.91 Å². The molecule has 0 spiro atoms. The number of carbonyl (C=O) groups is 1. The molecule has 0 radical (unpaired) electrons. The highest BCUT2D eigenvalue weighted by atomic mass is 16.3. The van der Waals surface area contributed by atoms with Crippen molar-refractivity contribution < 1.29 is 9.90 Å². The van der Waals surface area contributed by atoms with Crippen LogP contribution in [-0.4, -0.2) is 22.6 Å². The number of aromatic nitrogens is 1. The Morgan fingerprint density at radius 1 is 1.35 bits per heavy atom.